The number of non-ortho nitro benzene ring substituents is 1. The lowest BCUT2D eigenvalue weighted by atomic mass is 10.0. The molecule has 1 N–H and O–H groups in total. The minimum Gasteiger partial charge on any atom is -0.482 e. The number of ether oxygens (including phenoxy) is 1. The first-order valence-electron chi connectivity index (χ1n) is 9.10. The Morgan fingerprint density at radius 1 is 1.13 bits per heavy atom. The lowest BCUT2D eigenvalue weighted by Gasteiger charge is -2.09. The number of halogens is 1. The van der Waals surface area contributed by atoms with Crippen molar-refractivity contribution >= 4 is 40.5 Å². The van der Waals surface area contributed by atoms with E-state index in [9.17, 15) is 20.2 Å². The molecule has 31 heavy (non-hydrogen) atoms. The second kappa shape index (κ2) is 10.1. The Kier molecular flexibility index (Phi) is 6.99. The molecule has 0 fully saturated rings. The number of carbonyl (C=O) groups excluding carboxylic acids is 1. The molecular formula is C23H16ClN3O4. The van der Waals surface area contributed by atoms with Crippen molar-refractivity contribution in [3.05, 3.63) is 99.1 Å². The van der Waals surface area contributed by atoms with Gasteiger partial charge in [-0.15, -0.1) is 0 Å². The van der Waals surface area contributed by atoms with Gasteiger partial charge in [-0.05, 0) is 41.5 Å². The van der Waals surface area contributed by atoms with Gasteiger partial charge in [-0.1, -0.05) is 48.0 Å². The van der Waals surface area contributed by atoms with Crippen LogP contribution in [0.1, 0.15) is 11.1 Å². The number of hydrogen-bond donors (Lipinski definition) is 1. The average molecular weight is 434 g/mol. The molecule has 3 aromatic carbocycles. The van der Waals surface area contributed by atoms with Crippen LogP contribution in [-0.4, -0.2) is 17.4 Å². The Hall–Kier alpha value is -4.15. The van der Waals surface area contributed by atoms with E-state index < -0.39 is 4.92 Å². The molecule has 1 amide bonds. The van der Waals surface area contributed by atoms with E-state index >= 15 is 0 Å². The normalized spacial score (nSPS) is 10.8. The van der Waals surface area contributed by atoms with Crippen LogP contribution in [0.2, 0.25) is 5.02 Å². The molecule has 0 atom stereocenters. The fraction of sp³-hybridized carbons (Fsp3) is 0.0435. The summed E-state index contributed by atoms with van der Waals surface area (Å²) in [5.41, 5.74) is 1.83. The Bertz CT molecular complexity index is 1190. The molecule has 0 unspecified atom stereocenters. The molecule has 0 aliphatic rings. The maximum Gasteiger partial charge on any atom is 0.270 e. The van der Waals surface area contributed by atoms with Crippen LogP contribution < -0.4 is 10.1 Å². The van der Waals surface area contributed by atoms with Gasteiger partial charge in [0.25, 0.3) is 11.6 Å². The number of rotatable bonds is 7. The molecule has 8 heteroatoms. The van der Waals surface area contributed by atoms with Crippen molar-refractivity contribution in [1.29, 1.82) is 5.26 Å². The van der Waals surface area contributed by atoms with Gasteiger partial charge in [0.05, 0.1) is 21.6 Å². The van der Waals surface area contributed by atoms with Gasteiger partial charge in [-0.2, -0.15) is 5.26 Å². The fourth-order valence-electron chi connectivity index (χ4n) is 2.72. The zero-order valence-corrected chi connectivity index (χ0v) is 16.9. The lowest BCUT2D eigenvalue weighted by Crippen LogP contribution is -2.20. The highest BCUT2D eigenvalue weighted by atomic mass is 35.5. The van der Waals surface area contributed by atoms with Crippen LogP contribution in [0.4, 0.5) is 11.4 Å². The van der Waals surface area contributed by atoms with Crippen molar-refractivity contribution in [2.75, 3.05) is 11.9 Å². The van der Waals surface area contributed by atoms with Gasteiger partial charge in [0, 0.05) is 17.8 Å². The summed E-state index contributed by atoms with van der Waals surface area (Å²) >= 11 is 6.25. The monoisotopic (exact) mass is 433 g/mol. The van der Waals surface area contributed by atoms with Crippen LogP contribution in [0.25, 0.3) is 11.6 Å². The first-order valence-corrected chi connectivity index (χ1v) is 9.48. The van der Waals surface area contributed by atoms with E-state index in [1.54, 1.807) is 42.5 Å². The van der Waals surface area contributed by atoms with Gasteiger partial charge < -0.3 is 10.1 Å². The maximum absolute atomic E-state index is 12.0. The van der Waals surface area contributed by atoms with Crippen molar-refractivity contribution in [3.8, 4) is 11.8 Å². The van der Waals surface area contributed by atoms with Gasteiger partial charge in [0.1, 0.15) is 5.75 Å². The lowest BCUT2D eigenvalue weighted by molar-refractivity contribution is -0.384. The summed E-state index contributed by atoms with van der Waals surface area (Å²) in [5.74, 6) is -0.0143. The summed E-state index contributed by atoms with van der Waals surface area (Å²) in [6.07, 6.45) is 1.57. The Morgan fingerprint density at radius 3 is 2.58 bits per heavy atom. The molecule has 0 aromatic heterocycles. The van der Waals surface area contributed by atoms with E-state index in [2.05, 4.69) is 5.32 Å². The number of benzene rings is 3. The Balaban J connectivity index is 1.71. The number of anilines is 1. The first-order chi connectivity index (χ1) is 15.0. The predicted molar refractivity (Wildman–Crippen MR) is 119 cm³/mol. The number of hydrogen-bond acceptors (Lipinski definition) is 5. The molecule has 3 rings (SSSR count). The average Bonchev–Trinajstić information content (AvgIpc) is 2.77. The standard InChI is InChI=1S/C23H16ClN3O4/c24-21-12-16(11-18(14-25)17-5-4-8-20(13-17)27(29)30)9-10-22(21)31-15-23(28)26-19-6-2-1-3-7-19/h1-13H,15H2,(H,26,28)/b18-11-. The molecule has 0 spiro atoms. The van der Waals surface area contributed by atoms with Crippen LogP contribution in [0, 0.1) is 21.4 Å². The second-order valence-corrected chi connectivity index (χ2v) is 6.78. The highest BCUT2D eigenvalue weighted by Crippen LogP contribution is 2.28. The van der Waals surface area contributed by atoms with Crippen molar-refractivity contribution in [1.82, 2.24) is 0 Å². The molecule has 154 valence electrons. The van der Waals surface area contributed by atoms with Crippen LogP contribution in [0.15, 0.2) is 72.8 Å². The van der Waals surface area contributed by atoms with Gasteiger partial charge >= 0.3 is 0 Å². The SMILES string of the molecule is N#C/C(=C/c1ccc(OCC(=O)Nc2ccccc2)c(Cl)c1)c1cccc([N+](=O)[O-])c1. The van der Waals surface area contributed by atoms with Crippen LogP contribution in [-0.2, 0) is 4.79 Å². The molecule has 0 aliphatic heterocycles. The molecule has 7 nitrogen and oxygen atoms in total. The number of carbonyl (C=O) groups is 1. The molecule has 0 saturated heterocycles. The summed E-state index contributed by atoms with van der Waals surface area (Å²) in [6.45, 7) is -0.221. The van der Waals surface area contributed by atoms with Crippen molar-refractivity contribution in [2.45, 2.75) is 0 Å². The minimum atomic E-state index is -0.518. The number of nitro groups is 1. The van der Waals surface area contributed by atoms with E-state index in [1.807, 2.05) is 24.3 Å². The van der Waals surface area contributed by atoms with E-state index in [0.29, 0.717) is 22.6 Å². The number of nitrogens with one attached hydrogen (secondary N) is 1. The summed E-state index contributed by atoms with van der Waals surface area (Å²) in [5, 5.41) is 23.4. The number of para-hydroxylation sites is 1. The number of allylic oxidation sites excluding steroid dienone is 1. The molecule has 0 aliphatic carbocycles. The largest absolute Gasteiger partial charge is 0.482 e. The molecule has 0 heterocycles. The van der Waals surface area contributed by atoms with Crippen molar-refractivity contribution < 1.29 is 14.5 Å². The third-order valence-corrected chi connectivity index (χ3v) is 4.47. The topological polar surface area (TPSA) is 105 Å². The number of nitrogens with zero attached hydrogens (tertiary/aromatic N) is 2. The van der Waals surface area contributed by atoms with Gasteiger partial charge in [-0.25, -0.2) is 0 Å². The van der Waals surface area contributed by atoms with E-state index in [1.165, 1.54) is 18.2 Å². The van der Waals surface area contributed by atoms with E-state index in [0.717, 1.165) is 0 Å². The van der Waals surface area contributed by atoms with E-state index in [4.69, 9.17) is 16.3 Å². The van der Waals surface area contributed by atoms with E-state index in [-0.39, 0.29) is 28.8 Å². The predicted octanol–water partition coefficient (Wildman–Crippen LogP) is 5.33. The number of nitriles is 1. The molecule has 0 bridgehead atoms. The van der Waals surface area contributed by atoms with Crippen LogP contribution >= 0.6 is 11.6 Å². The zero-order chi connectivity index (χ0) is 22.2. The number of nitro benzene ring substituents is 1. The molecule has 0 radical (unpaired) electrons. The summed E-state index contributed by atoms with van der Waals surface area (Å²) < 4.78 is 5.48. The summed E-state index contributed by atoms with van der Waals surface area (Å²) in [4.78, 5) is 22.4. The summed E-state index contributed by atoms with van der Waals surface area (Å²) in [6, 6.07) is 21.7. The minimum absolute atomic E-state index is 0.103. The third kappa shape index (κ3) is 5.92. The maximum atomic E-state index is 12.0. The summed E-state index contributed by atoms with van der Waals surface area (Å²) in [7, 11) is 0. The third-order valence-electron chi connectivity index (χ3n) is 4.17. The van der Waals surface area contributed by atoms with Gasteiger partial charge in [0.15, 0.2) is 6.61 Å². The highest BCUT2D eigenvalue weighted by Gasteiger charge is 2.10. The van der Waals surface area contributed by atoms with Crippen molar-refractivity contribution in [2.24, 2.45) is 0 Å². The second-order valence-electron chi connectivity index (χ2n) is 6.37. The van der Waals surface area contributed by atoms with Gasteiger partial charge in [0.2, 0.25) is 0 Å². The molecule has 0 saturated carbocycles. The molecular weight excluding hydrogens is 418 g/mol. The first kappa shape index (κ1) is 21.6. The number of amides is 1. The highest BCUT2D eigenvalue weighted by molar-refractivity contribution is 6.32. The smallest absolute Gasteiger partial charge is 0.270 e. The van der Waals surface area contributed by atoms with Gasteiger partial charge in [-0.3, -0.25) is 14.9 Å². The molecule has 3 aromatic rings. The van der Waals surface area contributed by atoms with Crippen LogP contribution in [0.5, 0.6) is 5.75 Å². The quantitative estimate of drug-likeness (QED) is 0.234. The fourth-order valence-corrected chi connectivity index (χ4v) is 2.96. The Morgan fingerprint density at radius 2 is 1.90 bits per heavy atom. The zero-order valence-electron chi connectivity index (χ0n) is 16.1. The Labute approximate surface area is 183 Å². The van der Waals surface area contributed by atoms with Crippen molar-refractivity contribution in [3.63, 3.8) is 0 Å². The van der Waals surface area contributed by atoms with Crippen LogP contribution in [0.3, 0.4) is 0 Å².